The van der Waals surface area contributed by atoms with E-state index < -0.39 is 0 Å². The van der Waals surface area contributed by atoms with Gasteiger partial charge in [0.1, 0.15) is 0 Å². The van der Waals surface area contributed by atoms with Crippen LogP contribution >= 0.6 is 0 Å². The minimum atomic E-state index is 0.571. The number of benzene rings is 1. The van der Waals surface area contributed by atoms with Crippen molar-refractivity contribution in [3.63, 3.8) is 0 Å². The average Bonchev–Trinajstić information content (AvgIpc) is 2.70. The largest absolute Gasteiger partial charge is 0.356 e. The molecule has 0 saturated carbocycles. The molecule has 0 amide bonds. The van der Waals surface area contributed by atoms with Crippen LogP contribution in [0, 0.1) is 18.3 Å². The van der Waals surface area contributed by atoms with Crippen molar-refractivity contribution in [2.45, 2.75) is 6.92 Å². The molecule has 0 atom stereocenters. The van der Waals surface area contributed by atoms with Crippen LogP contribution in [0.2, 0.25) is 0 Å². The topological polar surface area (TPSA) is 56.6 Å². The van der Waals surface area contributed by atoms with Gasteiger partial charge in [-0.3, -0.25) is 4.79 Å². The molecule has 0 aliphatic heterocycles. The van der Waals surface area contributed by atoms with Crippen LogP contribution in [0.1, 0.15) is 21.7 Å². The molecule has 0 aliphatic rings. The first-order chi connectivity index (χ1) is 7.74. The summed E-state index contributed by atoms with van der Waals surface area (Å²) in [5.74, 6) is 0. The number of aryl methyl sites for hydroxylation is 1. The molecule has 0 aliphatic carbocycles. The van der Waals surface area contributed by atoms with Gasteiger partial charge in [0.15, 0.2) is 6.29 Å². The van der Waals surface area contributed by atoms with Gasteiger partial charge in [0.25, 0.3) is 0 Å². The first kappa shape index (κ1) is 10.2. The van der Waals surface area contributed by atoms with Gasteiger partial charge in [-0.1, -0.05) is 12.1 Å². The number of nitriles is 1. The van der Waals surface area contributed by atoms with Crippen LogP contribution in [0.25, 0.3) is 11.1 Å². The van der Waals surface area contributed by atoms with Crippen LogP contribution in [0.4, 0.5) is 0 Å². The standard InChI is InChI=1S/C13H10N2O/c1-9-6-12(13(8-16)15-9)11-4-2-10(7-14)3-5-11/h2-6,8,15H,1H3. The molecule has 0 unspecified atom stereocenters. The lowest BCUT2D eigenvalue weighted by Gasteiger charge is -1.98. The lowest BCUT2D eigenvalue weighted by molar-refractivity contribution is 0.112. The third-order valence-electron chi connectivity index (χ3n) is 2.43. The quantitative estimate of drug-likeness (QED) is 0.775. The highest BCUT2D eigenvalue weighted by Crippen LogP contribution is 2.23. The molecule has 78 valence electrons. The summed E-state index contributed by atoms with van der Waals surface area (Å²) >= 11 is 0. The van der Waals surface area contributed by atoms with Gasteiger partial charge in [-0.15, -0.1) is 0 Å². The highest BCUT2D eigenvalue weighted by Gasteiger charge is 2.07. The van der Waals surface area contributed by atoms with E-state index in [0.717, 1.165) is 23.1 Å². The summed E-state index contributed by atoms with van der Waals surface area (Å²) in [6, 6.07) is 11.2. The molecule has 3 nitrogen and oxygen atoms in total. The Morgan fingerprint density at radius 1 is 1.31 bits per heavy atom. The van der Waals surface area contributed by atoms with Gasteiger partial charge in [0.2, 0.25) is 0 Å². The minimum Gasteiger partial charge on any atom is -0.356 e. The zero-order chi connectivity index (χ0) is 11.5. The second kappa shape index (κ2) is 4.03. The van der Waals surface area contributed by atoms with Crippen LogP contribution in [0.5, 0.6) is 0 Å². The van der Waals surface area contributed by atoms with Gasteiger partial charge >= 0.3 is 0 Å². The van der Waals surface area contributed by atoms with E-state index >= 15 is 0 Å². The zero-order valence-electron chi connectivity index (χ0n) is 8.82. The van der Waals surface area contributed by atoms with Crippen molar-refractivity contribution in [2.24, 2.45) is 0 Å². The lowest BCUT2D eigenvalue weighted by Crippen LogP contribution is -1.84. The Kier molecular flexibility index (Phi) is 2.57. The Morgan fingerprint density at radius 3 is 2.56 bits per heavy atom. The van der Waals surface area contributed by atoms with Crippen LogP contribution in [-0.2, 0) is 0 Å². The van der Waals surface area contributed by atoms with E-state index in [-0.39, 0.29) is 0 Å². The van der Waals surface area contributed by atoms with Crippen molar-refractivity contribution < 1.29 is 4.79 Å². The molecule has 1 aromatic carbocycles. The summed E-state index contributed by atoms with van der Waals surface area (Å²) in [4.78, 5) is 13.8. The number of hydrogen-bond donors (Lipinski definition) is 1. The minimum absolute atomic E-state index is 0.571. The molecule has 16 heavy (non-hydrogen) atoms. The first-order valence-corrected chi connectivity index (χ1v) is 4.90. The van der Waals surface area contributed by atoms with Crippen LogP contribution < -0.4 is 0 Å². The summed E-state index contributed by atoms with van der Waals surface area (Å²) in [7, 11) is 0. The lowest BCUT2D eigenvalue weighted by atomic mass is 10.0. The number of rotatable bonds is 2. The van der Waals surface area contributed by atoms with E-state index in [4.69, 9.17) is 5.26 Å². The van der Waals surface area contributed by atoms with E-state index in [9.17, 15) is 4.79 Å². The van der Waals surface area contributed by atoms with E-state index in [1.165, 1.54) is 0 Å². The van der Waals surface area contributed by atoms with Gasteiger partial charge < -0.3 is 4.98 Å². The van der Waals surface area contributed by atoms with Gasteiger partial charge in [-0.05, 0) is 30.7 Å². The van der Waals surface area contributed by atoms with Crippen molar-refractivity contribution in [2.75, 3.05) is 0 Å². The third-order valence-corrected chi connectivity index (χ3v) is 2.43. The Labute approximate surface area is 93.3 Å². The first-order valence-electron chi connectivity index (χ1n) is 4.90. The molecular formula is C13H10N2O. The zero-order valence-corrected chi connectivity index (χ0v) is 8.82. The molecule has 0 spiro atoms. The van der Waals surface area contributed by atoms with E-state index in [2.05, 4.69) is 11.1 Å². The predicted molar refractivity (Wildman–Crippen MR) is 61.1 cm³/mol. The number of carbonyl (C=O) groups is 1. The summed E-state index contributed by atoms with van der Waals surface area (Å²) in [6.07, 6.45) is 0.806. The molecule has 0 radical (unpaired) electrons. The van der Waals surface area contributed by atoms with E-state index in [1.54, 1.807) is 12.1 Å². The normalized spacial score (nSPS) is 9.75. The maximum Gasteiger partial charge on any atom is 0.166 e. The number of aromatic amines is 1. The molecule has 1 aromatic heterocycles. The van der Waals surface area contributed by atoms with Crippen LogP contribution in [-0.4, -0.2) is 11.3 Å². The Hall–Kier alpha value is -2.34. The molecule has 2 aromatic rings. The number of hydrogen-bond acceptors (Lipinski definition) is 2. The molecular weight excluding hydrogens is 200 g/mol. The van der Waals surface area contributed by atoms with E-state index in [0.29, 0.717) is 11.3 Å². The third kappa shape index (κ3) is 1.73. The van der Waals surface area contributed by atoms with Crippen molar-refractivity contribution in [1.82, 2.24) is 4.98 Å². The van der Waals surface area contributed by atoms with Crippen molar-refractivity contribution in [3.8, 4) is 17.2 Å². The summed E-state index contributed by atoms with van der Waals surface area (Å²) in [5.41, 5.74) is 3.94. The van der Waals surface area contributed by atoms with Crippen LogP contribution in [0.15, 0.2) is 30.3 Å². The fourth-order valence-electron chi connectivity index (χ4n) is 1.67. The van der Waals surface area contributed by atoms with Gasteiger partial charge in [-0.25, -0.2) is 0 Å². The van der Waals surface area contributed by atoms with Gasteiger partial charge in [0.05, 0.1) is 17.3 Å². The number of carbonyl (C=O) groups excluding carboxylic acids is 1. The maximum atomic E-state index is 10.9. The molecule has 1 heterocycles. The number of aldehydes is 1. The summed E-state index contributed by atoms with van der Waals surface area (Å²) in [6.45, 7) is 1.90. The maximum absolute atomic E-state index is 10.9. The monoisotopic (exact) mass is 210 g/mol. The number of nitrogens with one attached hydrogen (secondary N) is 1. The second-order valence-corrected chi connectivity index (χ2v) is 3.59. The van der Waals surface area contributed by atoms with Crippen molar-refractivity contribution in [3.05, 3.63) is 47.3 Å². The summed E-state index contributed by atoms with van der Waals surface area (Å²) < 4.78 is 0. The Morgan fingerprint density at radius 2 is 2.00 bits per heavy atom. The van der Waals surface area contributed by atoms with Gasteiger partial charge in [-0.2, -0.15) is 5.26 Å². The molecule has 1 N–H and O–H groups in total. The van der Waals surface area contributed by atoms with Crippen molar-refractivity contribution in [1.29, 1.82) is 5.26 Å². The van der Waals surface area contributed by atoms with E-state index in [1.807, 2.05) is 25.1 Å². The molecule has 3 heteroatoms. The number of H-pyrrole nitrogens is 1. The predicted octanol–water partition coefficient (Wildman–Crippen LogP) is 2.67. The average molecular weight is 210 g/mol. The summed E-state index contributed by atoms with van der Waals surface area (Å²) in [5, 5.41) is 8.69. The van der Waals surface area contributed by atoms with Crippen LogP contribution in [0.3, 0.4) is 0 Å². The second-order valence-electron chi connectivity index (χ2n) is 3.59. The molecule has 0 saturated heterocycles. The molecule has 0 bridgehead atoms. The number of nitrogens with zero attached hydrogens (tertiary/aromatic N) is 1. The highest BCUT2D eigenvalue weighted by atomic mass is 16.1. The smallest absolute Gasteiger partial charge is 0.166 e. The van der Waals surface area contributed by atoms with Gasteiger partial charge in [0, 0.05) is 11.3 Å². The fourth-order valence-corrected chi connectivity index (χ4v) is 1.67. The Bertz CT molecular complexity index is 559. The fraction of sp³-hybridized carbons (Fsp3) is 0.0769. The van der Waals surface area contributed by atoms with Crippen molar-refractivity contribution >= 4 is 6.29 Å². The Balaban J connectivity index is 2.50. The molecule has 0 fully saturated rings. The SMILES string of the molecule is Cc1cc(-c2ccc(C#N)cc2)c(C=O)[nH]1. The molecule has 2 rings (SSSR count). The number of aromatic nitrogens is 1. The highest BCUT2D eigenvalue weighted by molar-refractivity contribution is 5.86.